The summed E-state index contributed by atoms with van der Waals surface area (Å²) >= 11 is 12.5. The molecule has 1 atom stereocenters. The summed E-state index contributed by atoms with van der Waals surface area (Å²) in [5.41, 5.74) is 4.20. The summed E-state index contributed by atoms with van der Waals surface area (Å²) in [6, 6.07) is 19.5. The third-order valence-corrected chi connectivity index (χ3v) is 6.37. The number of rotatable bonds is 4. The fourth-order valence-corrected chi connectivity index (χ4v) is 4.50. The van der Waals surface area contributed by atoms with Crippen LogP contribution < -0.4 is 0 Å². The molecule has 0 saturated carbocycles. The molecule has 0 N–H and O–H groups in total. The zero-order chi connectivity index (χ0) is 22.8. The highest BCUT2D eigenvalue weighted by molar-refractivity contribution is 6.32. The van der Waals surface area contributed by atoms with Gasteiger partial charge in [-0.05, 0) is 37.6 Å². The lowest BCUT2D eigenvalue weighted by molar-refractivity contribution is -0.131. The van der Waals surface area contributed by atoms with Gasteiger partial charge in [-0.1, -0.05) is 54.1 Å². The molecule has 7 heteroatoms. The number of aromatic nitrogens is 1. The summed E-state index contributed by atoms with van der Waals surface area (Å²) in [7, 11) is 0. The van der Waals surface area contributed by atoms with Crippen molar-refractivity contribution in [2.45, 2.75) is 19.2 Å². The molecular weight excluding hydrogens is 445 g/mol. The molecule has 2 heterocycles. The van der Waals surface area contributed by atoms with Crippen molar-refractivity contribution in [1.82, 2.24) is 14.4 Å². The summed E-state index contributed by atoms with van der Waals surface area (Å²) in [6.07, 6.45) is 0. The van der Waals surface area contributed by atoms with Crippen LogP contribution in [-0.4, -0.2) is 57.7 Å². The minimum atomic E-state index is -0.558. The minimum Gasteiger partial charge on any atom is -0.338 e. The molecule has 1 aliphatic heterocycles. The van der Waals surface area contributed by atoms with Crippen LogP contribution in [0.4, 0.5) is 0 Å². The van der Waals surface area contributed by atoms with E-state index in [9.17, 15) is 9.59 Å². The fraction of sp³-hybridized carbons (Fsp3) is 0.280. The summed E-state index contributed by atoms with van der Waals surface area (Å²) in [5.74, 6) is -0.136. The van der Waals surface area contributed by atoms with E-state index in [0.29, 0.717) is 36.8 Å². The smallest absolute Gasteiger partial charge is 0.255 e. The van der Waals surface area contributed by atoms with Crippen LogP contribution in [0.2, 0.25) is 5.02 Å². The third kappa shape index (κ3) is 4.27. The molecular formula is C25H25Cl2N3O2. The zero-order valence-corrected chi connectivity index (χ0v) is 19.6. The molecule has 1 saturated heterocycles. The Labute approximate surface area is 198 Å². The number of halogens is 2. The lowest BCUT2D eigenvalue weighted by Gasteiger charge is -2.35. The molecule has 0 bridgehead atoms. The number of carbonyl (C=O) groups excluding carboxylic acids is 2. The average Bonchev–Trinajstić information content (AvgIpc) is 3.16. The average molecular weight is 470 g/mol. The molecule has 1 aliphatic rings. The molecule has 1 unspecified atom stereocenters. The highest BCUT2D eigenvalue weighted by atomic mass is 35.5. The van der Waals surface area contributed by atoms with E-state index in [-0.39, 0.29) is 11.8 Å². The van der Waals surface area contributed by atoms with Gasteiger partial charge >= 0.3 is 0 Å². The maximum Gasteiger partial charge on any atom is 0.255 e. The molecule has 0 spiro atoms. The van der Waals surface area contributed by atoms with Gasteiger partial charge in [0.15, 0.2) is 0 Å². The third-order valence-electron chi connectivity index (χ3n) is 5.86. The SMILES string of the molecule is Cc1c(C(=O)N2CCN(C(=O)C(C)Cl)CC2)cc(-c2ccccc2)n1-c1ccccc1Cl. The fourth-order valence-electron chi connectivity index (χ4n) is 4.14. The van der Waals surface area contributed by atoms with Crippen molar-refractivity contribution >= 4 is 35.0 Å². The van der Waals surface area contributed by atoms with Crippen molar-refractivity contribution in [3.8, 4) is 16.9 Å². The molecule has 3 aromatic rings. The van der Waals surface area contributed by atoms with Gasteiger partial charge in [0.05, 0.1) is 22.0 Å². The first-order valence-corrected chi connectivity index (χ1v) is 11.4. The normalized spacial score (nSPS) is 15.0. The first-order chi connectivity index (χ1) is 15.4. The van der Waals surface area contributed by atoms with Crippen LogP contribution in [-0.2, 0) is 4.79 Å². The molecule has 4 rings (SSSR count). The molecule has 1 aromatic heterocycles. The number of piperazine rings is 1. The van der Waals surface area contributed by atoms with E-state index in [0.717, 1.165) is 22.6 Å². The van der Waals surface area contributed by atoms with Gasteiger partial charge in [-0.15, -0.1) is 11.6 Å². The van der Waals surface area contributed by atoms with Crippen LogP contribution in [0.3, 0.4) is 0 Å². The van der Waals surface area contributed by atoms with Crippen molar-refractivity contribution in [2.75, 3.05) is 26.2 Å². The number of benzene rings is 2. The van der Waals surface area contributed by atoms with E-state index in [4.69, 9.17) is 23.2 Å². The first kappa shape index (κ1) is 22.4. The Morgan fingerprint density at radius 1 is 0.906 bits per heavy atom. The maximum atomic E-state index is 13.5. The van der Waals surface area contributed by atoms with Gasteiger partial charge in [-0.3, -0.25) is 9.59 Å². The van der Waals surface area contributed by atoms with Crippen LogP contribution in [0.15, 0.2) is 60.7 Å². The van der Waals surface area contributed by atoms with Crippen LogP contribution in [0.25, 0.3) is 16.9 Å². The second kappa shape index (κ2) is 9.39. The van der Waals surface area contributed by atoms with Crippen LogP contribution in [0.5, 0.6) is 0 Å². The zero-order valence-electron chi connectivity index (χ0n) is 18.1. The van der Waals surface area contributed by atoms with E-state index < -0.39 is 5.38 Å². The van der Waals surface area contributed by atoms with Crippen molar-refractivity contribution in [3.05, 3.63) is 76.9 Å². The van der Waals surface area contributed by atoms with Crippen molar-refractivity contribution < 1.29 is 9.59 Å². The number of amides is 2. The Balaban J connectivity index is 1.69. The molecule has 5 nitrogen and oxygen atoms in total. The summed E-state index contributed by atoms with van der Waals surface area (Å²) in [5, 5.41) is 0.0577. The number of para-hydroxylation sites is 1. The quantitative estimate of drug-likeness (QED) is 0.503. The monoisotopic (exact) mass is 469 g/mol. The van der Waals surface area contributed by atoms with Gasteiger partial charge in [0.25, 0.3) is 5.91 Å². The summed E-state index contributed by atoms with van der Waals surface area (Å²) in [6.45, 7) is 5.54. The Morgan fingerprint density at radius 3 is 2.12 bits per heavy atom. The van der Waals surface area contributed by atoms with Gasteiger partial charge in [-0.2, -0.15) is 0 Å². The largest absolute Gasteiger partial charge is 0.338 e. The van der Waals surface area contributed by atoms with E-state index in [1.54, 1.807) is 16.7 Å². The lowest BCUT2D eigenvalue weighted by Crippen LogP contribution is -2.52. The maximum absolute atomic E-state index is 13.5. The second-order valence-corrected chi connectivity index (χ2v) is 8.98. The molecule has 166 valence electrons. The number of hydrogen-bond donors (Lipinski definition) is 0. The molecule has 1 fully saturated rings. The molecule has 32 heavy (non-hydrogen) atoms. The van der Waals surface area contributed by atoms with Gasteiger partial charge in [0.1, 0.15) is 5.38 Å². The highest BCUT2D eigenvalue weighted by Crippen LogP contribution is 2.33. The lowest BCUT2D eigenvalue weighted by atomic mass is 10.1. The number of carbonyl (C=O) groups is 2. The van der Waals surface area contributed by atoms with Gasteiger partial charge in [-0.25, -0.2) is 0 Å². The second-order valence-electron chi connectivity index (χ2n) is 7.91. The topological polar surface area (TPSA) is 45.6 Å². The predicted molar refractivity (Wildman–Crippen MR) is 129 cm³/mol. The minimum absolute atomic E-state index is 0.0449. The Bertz CT molecular complexity index is 1130. The Kier molecular flexibility index (Phi) is 6.58. The van der Waals surface area contributed by atoms with E-state index in [1.807, 2.05) is 72.2 Å². The van der Waals surface area contributed by atoms with Gasteiger partial charge in [0.2, 0.25) is 5.91 Å². The van der Waals surface area contributed by atoms with Gasteiger partial charge in [0, 0.05) is 31.9 Å². The Morgan fingerprint density at radius 2 is 1.50 bits per heavy atom. The van der Waals surface area contributed by atoms with Crippen LogP contribution >= 0.6 is 23.2 Å². The summed E-state index contributed by atoms with van der Waals surface area (Å²) < 4.78 is 2.04. The molecule has 2 amide bonds. The predicted octanol–water partition coefficient (Wildman–Crippen LogP) is 5.02. The first-order valence-electron chi connectivity index (χ1n) is 10.6. The molecule has 2 aromatic carbocycles. The number of nitrogens with zero attached hydrogens (tertiary/aromatic N) is 3. The van der Waals surface area contributed by atoms with E-state index in [2.05, 4.69) is 0 Å². The summed E-state index contributed by atoms with van der Waals surface area (Å²) in [4.78, 5) is 29.2. The number of alkyl halides is 1. The standard InChI is InChI=1S/C25H25Cl2N3O2/c1-17(26)24(31)28-12-14-29(15-13-28)25(32)20-16-23(19-8-4-3-5-9-19)30(18(20)2)22-11-7-6-10-21(22)27/h3-11,16-17H,12-15H2,1-2H3. The van der Waals surface area contributed by atoms with Crippen molar-refractivity contribution in [1.29, 1.82) is 0 Å². The Hall–Kier alpha value is -2.76. The van der Waals surface area contributed by atoms with E-state index >= 15 is 0 Å². The van der Waals surface area contributed by atoms with Gasteiger partial charge < -0.3 is 14.4 Å². The van der Waals surface area contributed by atoms with Crippen LogP contribution in [0, 0.1) is 6.92 Å². The van der Waals surface area contributed by atoms with E-state index in [1.165, 1.54) is 0 Å². The highest BCUT2D eigenvalue weighted by Gasteiger charge is 2.29. The molecule has 0 aliphatic carbocycles. The van der Waals surface area contributed by atoms with Crippen LogP contribution in [0.1, 0.15) is 23.0 Å². The molecule has 0 radical (unpaired) electrons. The number of hydrogen-bond acceptors (Lipinski definition) is 2. The van der Waals surface area contributed by atoms with Crippen molar-refractivity contribution in [3.63, 3.8) is 0 Å². The van der Waals surface area contributed by atoms with Crippen molar-refractivity contribution in [2.24, 2.45) is 0 Å².